The third kappa shape index (κ3) is 2.93. The van der Waals surface area contributed by atoms with E-state index in [1.54, 1.807) is 6.26 Å². The summed E-state index contributed by atoms with van der Waals surface area (Å²) in [5.74, 6) is 5.61. The number of nitrogens with one attached hydrogen (secondary N) is 1. The summed E-state index contributed by atoms with van der Waals surface area (Å²) in [5, 5.41) is 0.391. The summed E-state index contributed by atoms with van der Waals surface area (Å²) in [6.07, 6.45) is 2.35. The summed E-state index contributed by atoms with van der Waals surface area (Å²) < 4.78 is 5.10. The van der Waals surface area contributed by atoms with Gasteiger partial charge >= 0.3 is 0 Å². The largest absolute Gasteiger partial charge is 0.453 e. The standard InChI is InChI=1S/C14H17ClN2O/c1-9-5-10(2)7-11(6-9)8-13(17-16)12-3-4-18-14(12)15/h3-7,13,17H,8,16H2,1-2H3. The molecule has 1 aromatic carbocycles. The van der Waals surface area contributed by atoms with Crippen LogP contribution in [0.4, 0.5) is 0 Å². The molecule has 0 bridgehead atoms. The predicted octanol–water partition coefficient (Wildman–Crippen LogP) is 3.30. The molecule has 1 heterocycles. The summed E-state index contributed by atoms with van der Waals surface area (Å²) in [6.45, 7) is 4.18. The van der Waals surface area contributed by atoms with Gasteiger partial charge in [0.15, 0.2) is 5.22 Å². The van der Waals surface area contributed by atoms with Crippen molar-refractivity contribution >= 4 is 11.6 Å². The first-order valence-corrected chi connectivity index (χ1v) is 6.24. The van der Waals surface area contributed by atoms with E-state index in [2.05, 4.69) is 37.5 Å². The molecule has 1 atom stereocenters. The highest BCUT2D eigenvalue weighted by Gasteiger charge is 2.16. The lowest BCUT2D eigenvalue weighted by Gasteiger charge is -2.15. The molecule has 0 radical (unpaired) electrons. The molecule has 0 aliphatic carbocycles. The number of aryl methyl sites for hydroxylation is 2. The summed E-state index contributed by atoms with van der Waals surface area (Å²) in [6, 6.07) is 8.27. The number of furan rings is 1. The van der Waals surface area contributed by atoms with Crippen LogP contribution in [0.1, 0.15) is 28.3 Å². The summed E-state index contributed by atoms with van der Waals surface area (Å²) in [4.78, 5) is 0. The van der Waals surface area contributed by atoms with Crippen LogP contribution >= 0.6 is 11.6 Å². The molecule has 1 unspecified atom stereocenters. The van der Waals surface area contributed by atoms with Crippen molar-refractivity contribution in [3.63, 3.8) is 0 Å². The molecule has 2 aromatic rings. The van der Waals surface area contributed by atoms with Gasteiger partial charge in [0.2, 0.25) is 0 Å². The Morgan fingerprint density at radius 3 is 2.44 bits per heavy atom. The van der Waals surface area contributed by atoms with Gasteiger partial charge in [-0.05, 0) is 43.5 Å². The Hall–Kier alpha value is -1.29. The smallest absolute Gasteiger partial charge is 0.197 e. The Morgan fingerprint density at radius 2 is 1.94 bits per heavy atom. The zero-order valence-corrected chi connectivity index (χ0v) is 11.3. The minimum atomic E-state index is -0.0440. The fraction of sp³-hybridized carbons (Fsp3) is 0.286. The Morgan fingerprint density at radius 1 is 1.28 bits per heavy atom. The lowest BCUT2D eigenvalue weighted by Crippen LogP contribution is -2.29. The van der Waals surface area contributed by atoms with E-state index in [0.29, 0.717) is 5.22 Å². The van der Waals surface area contributed by atoms with Crippen LogP contribution in [0.3, 0.4) is 0 Å². The molecule has 3 nitrogen and oxygen atoms in total. The van der Waals surface area contributed by atoms with Gasteiger partial charge in [0, 0.05) is 5.56 Å². The Kier molecular flexibility index (Phi) is 4.07. The Balaban J connectivity index is 2.23. The van der Waals surface area contributed by atoms with Gasteiger partial charge in [0.05, 0.1) is 12.3 Å². The van der Waals surface area contributed by atoms with Crippen molar-refractivity contribution in [1.29, 1.82) is 0 Å². The SMILES string of the molecule is Cc1cc(C)cc(CC(NN)c2ccoc2Cl)c1. The maximum absolute atomic E-state index is 5.98. The van der Waals surface area contributed by atoms with E-state index in [-0.39, 0.29) is 6.04 Å². The van der Waals surface area contributed by atoms with Crippen molar-refractivity contribution < 1.29 is 4.42 Å². The molecule has 0 fully saturated rings. The molecular weight excluding hydrogens is 248 g/mol. The van der Waals surface area contributed by atoms with Crippen LogP contribution in [0.15, 0.2) is 34.9 Å². The molecule has 4 heteroatoms. The number of nitrogens with two attached hydrogens (primary N) is 1. The van der Waals surface area contributed by atoms with E-state index in [9.17, 15) is 0 Å². The number of benzene rings is 1. The maximum atomic E-state index is 5.98. The van der Waals surface area contributed by atoms with Gasteiger partial charge in [-0.3, -0.25) is 11.3 Å². The number of halogens is 1. The van der Waals surface area contributed by atoms with Crippen LogP contribution in [0.5, 0.6) is 0 Å². The molecular formula is C14H17ClN2O. The molecule has 1 aromatic heterocycles. The van der Waals surface area contributed by atoms with Crippen LogP contribution in [-0.2, 0) is 6.42 Å². The average molecular weight is 265 g/mol. The van der Waals surface area contributed by atoms with E-state index in [0.717, 1.165) is 12.0 Å². The average Bonchev–Trinajstić information content (AvgIpc) is 2.71. The molecule has 3 N–H and O–H groups in total. The summed E-state index contributed by atoms with van der Waals surface area (Å²) in [5.41, 5.74) is 7.40. The molecule has 2 rings (SSSR count). The molecule has 18 heavy (non-hydrogen) atoms. The second-order valence-electron chi connectivity index (χ2n) is 4.57. The van der Waals surface area contributed by atoms with Crippen molar-refractivity contribution in [3.8, 4) is 0 Å². The topological polar surface area (TPSA) is 51.2 Å². The van der Waals surface area contributed by atoms with Crippen LogP contribution < -0.4 is 11.3 Å². The van der Waals surface area contributed by atoms with Crippen LogP contribution in [0.25, 0.3) is 0 Å². The van der Waals surface area contributed by atoms with Gasteiger partial charge in [-0.15, -0.1) is 0 Å². The minimum Gasteiger partial charge on any atom is -0.453 e. The molecule has 0 aliphatic heterocycles. The van der Waals surface area contributed by atoms with Crippen LogP contribution in [0.2, 0.25) is 5.22 Å². The highest BCUT2D eigenvalue weighted by atomic mass is 35.5. The normalized spacial score (nSPS) is 12.7. The summed E-state index contributed by atoms with van der Waals surface area (Å²) >= 11 is 5.98. The third-order valence-electron chi connectivity index (χ3n) is 2.94. The fourth-order valence-corrected chi connectivity index (χ4v) is 2.48. The Bertz CT molecular complexity index is 516. The first kappa shape index (κ1) is 13.1. The number of rotatable bonds is 4. The first-order chi connectivity index (χ1) is 8.60. The van der Waals surface area contributed by atoms with E-state index >= 15 is 0 Å². The molecule has 96 valence electrons. The monoisotopic (exact) mass is 264 g/mol. The number of hydrogen-bond donors (Lipinski definition) is 2. The maximum Gasteiger partial charge on any atom is 0.197 e. The van der Waals surface area contributed by atoms with Crippen molar-refractivity contribution in [2.75, 3.05) is 0 Å². The first-order valence-electron chi connectivity index (χ1n) is 5.86. The summed E-state index contributed by atoms with van der Waals surface area (Å²) in [7, 11) is 0. The molecule has 0 saturated carbocycles. The Labute approximate surface area is 112 Å². The van der Waals surface area contributed by atoms with Crippen molar-refractivity contribution in [2.45, 2.75) is 26.3 Å². The van der Waals surface area contributed by atoms with Crippen LogP contribution in [0, 0.1) is 13.8 Å². The van der Waals surface area contributed by atoms with Crippen LogP contribution in [-0.4, -0.2) is 0 Å². The van der Waals surface area contributed by atoms with Gasteiger partial charge in [0.1, 0.15) is 0 Å². The molecule has 0 spiro atoms. The number of hydrogen-bond acceptors (Lipinski definition) is 3. The highest BCUT2D eigenvalue weighted by molar-refractivity contribution is 6.29. The van der Waals surface area contributed by atoms with Crippen molar-refractivity contribution in [3.05, 3.63) is 58.0 Å². The van der Waals surface area contributed by atoms with Gasteiger partial charge in [-0.2, -0.15) is 0 Å². The van der Waals surface area contributed by atoms with Crippen molar-refractivity contribution in [1.82, 2.24) is 5.43 Å². The molecule has 0 amide bonds. The second kappa shape index (κ2) is 5.57. The van der Waals surface area contributed by atoms with Crippen molar-refractivity contribution in [2.24, 2.45) is 5.84 Å². The van der Waals surface area contributed by atoms with Gasteiger partial charge in [-0.25, -0.2) is 0 Å². The number of hydrazine groups is 1. The van der Waals surface area contributed by atoms with E-state index in [4.69, 9.17) is 21.9 Å². The fourth-order valence-electron chi connectivity index (χ4n) is 2.23. The van der Waals surface area contributed by atoms with E-state index in [1.807, 2.05) is 6.07 Å². The van der Waals surface area contributed by atoms with Gasteiger partial charge in [-0.1, -0.05) is 29.3 Å². The lowest BCUT2D eigenvalue weighted by atomic mass is 9.98. The zero-order valence-electron chi connectivity index (χ0n) is 10.5. The molecule has 0 saturated heterocycles. The van der Waals surface area contributed by atoms with E-state index < -0.39 is 0 Å². The predicted molar refractivity (Wildman–Crippen MR) is 73.4 cm³/mol. The lowest BCUT2D eigenvalue weighted by molar-refractivity contribution is 0.527. The quantitative estimate of drug-likeness (QED) is 0.658. The zero-order chi connectivity index (χ0) is 13.1. The second-order valence-corrected chi connectivity index (χ2v) is 4.91. The highest BCUT2D eigenvalue weighted by Crippen LogP contribution is 2.26. The third-order valence-corrected chi connectivity index (χ3v) is 3.25. The minimum absolute atomic E-state index is 0.0440. The van der Waals surface area contributed by atoms with Gasteiger partial charge < -0.3 is 4.42 Å². The molecule has 0 aliphatic rings. The van der Waals surface area contributed by atoms with E-state index in [1.165, 1.54) is 16.7 Å². The van der Waals surface area contributed by atoms with Gasteiger partial charge in [0.25, 0.3) is 0 Å².